The molecule has 0 N–H and O–H groups in total. The van der Waals surface area contributed by atoms with Crippen molar-refractivity contribution in [3.05, 3.63) is 0 Å². The molecule has 0 aliphatic carbocycles. The Bertz CT molecular complexity index is 4.85. The van der Waals surface area contributed by atoms with Crippen molar-refractivity contribution >= 4 is 0 Å². The molecule has 0 unspecified atom stereocenters. The van der Waals surface area contributed by atoms with Gasteiger partial charge >= 0.3 is 0 Å². The average molecular weight is 502 g/mol. The van der Waals surface area contributed by atoms with E-state index in [9.17, 15) is 0 Å². The Balaban J connectivity index is 0. The maximum Gasteiger partial charge on any atom is 0 e. The predicted octanol–water partition coefficient (Wildman–Crippen LogP) is -0.356. The van der Waals surface area contributed by atoms with Gasteiger partial charge in [-0.3, -0.25) is 0 Å². The van der Waals surface area contributed by atoms with E-state index in [4.69, 9.17) is 0 Å². The Morgan fingerprint density at radius 2 is 0.400 bits per heavy atom. The second-order valence-electron chi connectivity index (χ2n) is 0. The van der Waals surface area contributed by atoms with Gasteiger partial charge in [-0.25, -0.2) is 0 Å². The van der Waals surface area contributed by atoms with E-state index in [-0.39, 0.29) is 105 Å². The standard InChI is InChI=1S/2Ac.3O/q;;3*-2. The topological polar surface area (TPSA) is 85.5 Å². The van der Waals surface area contributed by atoms with Crippen LogP contribution in [-0.4, -0.2) is 0 Å². The van der Waals surface area contributed by atoms with Crippen LogP contribution in [0.25, 0.3) is 0 Å². The second-order valence-corrected chi connectivity index (χ2v) is 0. The normalized spacial score (nSPS) is 0. The van der Waals surface area contributed by atoms with Crippen molar-refractivity contribution < 1.29 is 105 Å². The summed E-state index contributed by atoms with van der Waals surface area (Å²) in [7, 11) is 0. The third-order valence-corrected chi connectivity index (χ3v) is 0. The first-order valence-electron chi connectivity index (χ1n) is 0. The predicted molar refractivity (Wildman–Crippen MR) is 2.06 cm³/mol. The van der Waals surface area contributed by atoms with E-state index in [1.807, 2.05) is 0 Å². The average Bonchev–Trinajstić information content (AvgIpc) is 0. The number of hydrogen-bond donors (Lipinski definition) is 0. The third-order valence-electron chi connectivity index (χ3n) is 0. The molecule has 0 saturated carbocycles. The summed E-state index contributed by atoms with van der Waals surface area (Å²) in [6.07, 6.45) is 0. The van der Waals surface area contributed by atoms with Crippen LogP contribution in [0.5, 0.6) is 0 Å². The van der Waals surface area contributed by atoms with Crippen LogP contribution in [0.2, 0.25) is 0 Å². The molecule has 0 heterocycles. The Morgan fingerprint density at radius 1 is 0.400 bits per heavy atom. The van der Waals surface area contributed by atoms with Crippen molar-refractivity contribution in [1.29, 1.82) is 0 Å². The summed E-state index contributed by atoms with van der Waals surface area (Å²) < 4.78 is 0. The molecule has 0 bridgehead atoms. The molecule has 5 heteroatoms. The molecule has 0 aliphatic heterocycles. The van der Waals surface area contributed by atoms with Gasteiger partial charge < -0.3 is 16.4 Å². The van der Waals surface area contributed by atoms with Gasteiger partial charge in [0.05, 0.1) is 0 Å². The van der Waals surface area contributed by atoms with E-state index in [1.54, 1.807) is 0 Å². The molecule has 0 spiro atoms. The Labute approximate surface area is 102 Å². The summed E-state index contributed by atoms with van der Waals surface area (Å²) in [5, 5.41) is 0. The van der Waals surface area contributed by atoms with Gasteiger partial charge in [0.25, 0.3) is 0 Å². The first-order valence-corrected chi connectivity index (χ1v) is 0. The van der Waals surface area contributed by atoms with Crippen LogP contribution in [-0.2, 0) is 16.4 Å². The third kappa shape index (κ3) is 20.1. The Hall–Kier alpha value is 2.76. The van der Waals surface area contributed by atoms with Gasteiger partial charge in [-0.05, 0) is 0 Å². The number of rotatable bonds is 0. The first kappa shape index (κ1) is 46.5. The zero-order valence-corrected chi connectivity index (χ0v) is 11.9. The molecule has 0 aromatic heterocycles. The van der Waals surface area contributed by atoms with E-state index in [2.05, 4.69) is 0 Å². The van der Waals surface area contributed by atoms with Gasteiger partial charge in [0.2, 0.25) is 0 Å². The summed E-state index contributed by atoms with van der Waals surface area (Å²) in [5.41, 5.74) is 0. The van der Waals surface area contributed by atoms with E-state index >= 15 is 0 Å². The monoisotopic (exact) mass is 502 g/mol. The molecule has 0 aromatic rings. The van der Waals surface area contributed by atoms with Crippen LogP contribution >= 0.6 is 0 Å². The van der Waals surface area contributed by atoms with Gasteiger partial charge in [-0.1, -0.05) is 0 Å². The smallest absolute Gasteiger partial charge is 0 e. The van der Waals surface area contributed by atoms with Crippen molar-refractivity contribution in [2.24, 2.45) is 0 Å². The van der Waals surface area contributed by atoms with Crippen LogP contribution < -0.4 is 0 Å². The van der Waals surface area contributed by atoms with E-state index in [1.165, 1.54) is 0 Å². The zero-order valence-electron chi connectivity index (χ0n) is 2.38. The number of hydrogen-bond acceptors (Lipinski definition) is 0. The van der Waals surface area contributed by atoms with Gasteiger partial charge in [0.1, 0.15) is 0 Å². The quantitative estimate of drug-likeness (QED) is 0.434. The molecule has 5 heavy (non-hydrogen) atoms. The van der Waals surface area contributed by atoms with Crippen molar-refractivity contribution in [2.75, 3.05) is 0 Å². The molecule has 0 saturated heterocycles. The first-order chi connectivity index (χ1) is 0. The fraction of sp³-hybridized carbons (Fsp3) is 0. The second kappa shape index (κ2) is 29.4. The van der Waals surface area contributed by atoms with E-state index in [0.717, 1.165) is 0 Å². The minimum atomic E-state index is 0. The fourth-order valence-electron chi connectivity index (χ4n) is 0. The van der Waals surface area contributed by atoms with Crippen molar-refractivity contribution in [3.63, 3.8) is 0 Å². The van der Waals surface area contributed by atoms with Gasteiger partial charge in [0, 0.05) is 88.1 Å². The molecule has 0 atom stereocenters. The van der Waals surface area contributed by atoms with Crippen molar-refractivity contribution in [3.8, 4) is 0 Å². The molecule has 3 nitrogen and oxygen atoms in total. The van der Waals surface area contributed by atoms with Crippen molar-refractivity contribution in [1.82, 2.24) is 0 Å². The largest absolute Gasteiger partial charge is 2.00 e. The van der Waals surface area contributed by atoms with Gasteiger partial charge in [-0.2, -0.15) is 0 Å². The minimum absolute atomic E-state index is 0. The summed E-state index contributed by atoms with van der Waals surface area (Å²) in [6.45, 7) is 0. The molecule has 2 radical (unpaired) electrons. The Morgan fingerprint density at radius 3 is 0.400 bits per heavy atom. The molecule has 0 fully saturated rings. The maximum atomic E-state index is 0. The molecule has 30 valence electrons. The molecular formula is Ac2O3-6. The molecule has 0 aromatic carbocycles. The summed E-state index contributed by atoms with van der Waals surface area (Å²) in [5.74, 6) is 0. The minimum Gasteiger partial charge on any atom is -2.00 e. The van der Waals surface area contributed by atoms with Crippen molar-refractivity contribution in [2.45, 2.75) is 0 Å². The van der Waals surface area contributed by atoms with E-state index in [0.29, 0.717) is 0 Å². The van der Waals surface area contributed by atoms with Crippen LogP contribution in [0, 0.1) is 88.1 Å². The maximum absolute atomic E-state index is 0. The summed E-state index contributed by atoms with van der Waals surface area (Å²) >= 11 is 0. The van der Waals surface area contributed by atoms with Gasteiger partial charge in [-0.15, -0.1) is 0 Å². The van der Waals surface area contributed by atoms with Gasteiger partial charge in [0.15, 0.2) is 0 Å². The molecule has 0 aliphatic rings. The van der Waals surface area contributed by atoms with Crippen LogP contribution in [0.15, 0.2) is 0 Å². The zero-order chi connectivity index (χ0) is 0. The SMILES string of the molecule is [Ac].[Ac].[O-2].[O-2].[O-2]. The summed E-state index contributed by atoms with van der Waals surface area (Å²) in [4.78, 5) is 0. The fourth-order valence-corrected chi connectivity index (χ4v) is 0. The molecule has 0 rings (SSSR count). The van der Waals surface area contributed by atoms with E-state index < -0.39 is 0 Å². The molecular weight excluding hydrogens is 502 g/mol. The van der Waals surface area contributed by atoms with Crippen LogP contribution in [0.1, 0.15) is 0 Å². The summed E-state index contributed by atoms with van der Waals surface area (Å²) in [6, 6.07) is 0. The van der Waals surface area contributed by atoms with Crippen LogP contribution in [0.3, 0.4) is 0 Å². The van der Waals surface area contributed by atoms with Crippen LogP contribution in [0.4, 0.5) is 0 Å². The Kier molecular flexibility index (Phi) is 274. The molecule has 0 amide bonds.